The third kappa shape index (κ3) is 5.75. The Bertz CT molecular complexity index is 525. The van der Waals surface area contributed by atoms with Crippen LogP contribution in [-0.4, -0.2) is 32.3 Å². The summed E-state index contributed by atoms with van der Waals surface area (Å²) in [5.74, 6) is 2.18. The molecule has 2 N–H and O–H groups in total. The Hall–Kier alpha value is -1.43. The van der Waals surface area contributed by atoms with Gasteiger partial charge in [0.2, 0.25) is 0 Å². The first-order valence-electron chi connectivity index (χ1n) is 7.27. The Morgan fingerprint density at radius 3 is 2.27 bits per heavy atom. The summed E-state index contributed by atoms with van der Waals surface area (Å²) in [6.45, 7) is 9.71. The van der Waals surface area contributed by atoms with E-state index in [9.17, 15) is 0 Å². The standard InChI is InChI=1S/C16H26BrN3O2/c1-7-18-15(20-16(2,3)4)19-10-11-8-13(21-5)14(22-6)9-12(11)17/h8-9H,7,10H2,1-6H3,(H2,18,19,20). The van der Waals surface area contributed by atoms with Crippen LogP contribution in [0, 0.1) is 0 Å². The van der Waals surface area contributed by atoms with Crippen molar-refractivity contribution in [3.63, 3.8) is 0 Å². The molecule has 1 rings (SSSR count). The van der Waals surface area contributed by atoms with Gasteiger partial charge in [-0.15, -0.1) is 0 Å². The van der Waals surface area contributed by atoms with Gasteiger partial charge < -0.3 is 20.1 Å². The minimum absolute atomic E-state index is 0.0458. The van der Waals surface area contributed by atoms with Gasteiger partial charge in [0.05, 0.1) is 20.8 Å². The van der Waals surface area contributed by atoms with Crippen LogP contribution < -0.4 is 20.1 Å². The van der Waals surface area contributed by atoms with Crippen LogP contribution in [0.15, 0.2) is 21.6 Å². The van der Waals surface area contributed by atoms with Gasteiger partial charge in [-0.25, -0.2) is 4.99 Å². The molecule has 0 bridgehead atoms. The van der Waals surface area contributed by atoms with E-state index in [2.05, 4.69) is 52.3 Å². The highest BCUT2D eigenvalue weighted by atomic mass is 79.9. The molecule has 0 unspecified atom stereocenters. The molecule has 1 aromatic rings. The van der Waals surface area contributed by atoms with Gasteiger partial charge in [0, 0.05) is 16.6 Å². The molecule has 0 amide bonds. The summed E-state index contributed by atoms with van der Waals surface area (Å²) in [4.78, 5) is 4.63. The lowest BCUT2D eigenvalue weighted by Crippen LogP contribution is -2.47. The molecule has 0 saturated carbocycles. The van der Waals surface area contributed by atoms with E-state index in [1.54, 1.807) is 14.2 Å². The van der Waals surface area contributed by atoms with Crippen LogP contribution in [0.3, 0.4) is 0 Å². The zero-order valence-electron chi connectivity index (χ0n) is 14.2. The quantitative estimate of drug-likeness (QED) is 0.615. The first-order chi connectivity index (χ1) is 10.3. The maximum atomic E-state index is 5.34. The molecule has 0 aliphatic carbocycles. The van der Waals surface area contributed by atoms with Crippen LogP contribution >= 0.6 is 15.9 Å². The van der Waals surface area contributed by atoms with Crippen molar-refractivity contribution in [2.75, 3.05) is 20.8 Å². The molecule has 0 atom stereocenters. The zero-order chi connectivity index (χ0) is 16.8. The van der Waals surface area contributed by atoms with Gasteiger partial charge in [0.1, 0.15) is 0 Å². The van der Waals surface area contributed by atoms with E-state index in [1.807, 2.05) is 19.1 Å². The number of benzene rings is 1. The van der Waals surface area contributed by atoms with Gasteiger partial charge in [0.25, 0.3) is 0 Å². The van der Waals surface area contributed by atoms with E-state index in [-0.39, 0.29) is 5.54 Å². The molecule has 0 saturated heterocycles. The highest BCUT2D eigenvalue weighted by molar-refractivity contribution is 9.10. The Labute approximate surface area is 141 Å². The van der Waals surface area contributed by atoms with E-state index in [0.717, 1.165) is 22.5 Å². The number of ether oxygens (including phenoxy) is 2. The van der Waals surface area contributed by atoms with Gasteiger partial charge in [-0.2, -0.15) is 0 Å². The summed E-state index contributed by atoms with van der Waals surface area (Å²) in [5, 5.41) is 6.61. The second-order valence-corrected chi connectivity index (χ2v) is 6.72. The summed E-state index contributed by atoms with van der Waals surface area (Å²) in [5.41, 5.74) is 0.985. The average Bonchev–Trinajstić information content (AvgIpc) is 2.44. The van der Waals surface area contributed by atoms with Gasteiger partial charge in [-0.3, -0.25) is 0 Å². The van der Waals surface area contributed by atoms with E-state index >= 15 is 0 Å². The lowest BCUT2D eigenvalue weighted by atomic mass is 10.1. The van der Waals surface area contributed by atoms with E-state index in [1.165, 1.54) is 0 Å². The SMILES string of the molecule is CCNC(=NCc1cc(OC)c(OC)cc1Br)NC(C)(C)C. The molecule has 0 radical (unpaired) electrons. The van der Waals surface area contributed by atoms with Gasteiger partial charge in [-0.1, -0.05) is 15.9 Å². The Morgan fingerprint density at radius 1 is 1.18 bits per heavy atom. The molecule has 1 aromatic carbocycles. The van der Waals surface area contributed by atoms with Crippen molar-refractivity contribution in [2.45, 2.75) is 39.8 Å². The zero-order valence-corrected chi connectivity index (χ0v) is 15.8. The van der Waals surface area contributed by atoms with Crippen molar-refractivity contribution in [1.82, 2.24) is 10.6 Å². The van der Waals surface area contributed by atoms with Crippen LogP contribution in [0.5, 0.6) is 11.5 Å². The van der Waals surface area contributed by atoms with Crippen molar-refractivity contribution in [3.8, 4) is 11.5 Å². The minimum atomic E-state index is -0.0458. The lowest BCUT2D eigenvalue weighted by Gasteiger charge is -2.23. The molecule has 22 heavy (non-hydrogen) atoms. The highest BCUT2D eigenvalue weighted by Crippen LogP contribution is 2.33. The first kappa shape index (κ1) is 18.6. The van der Waals surface area contributed by atoms with Crippen LogP contribution in [0.25, 0.3) is 0 Å². The summed E-state index contributed by atoms with van der Waals surface area (Å²) in [6, 6.07) is 3.83. The molecular weight excluding hydrogens is 346 g/mol. The van der Waals surface area contributed by atoms with Crippen LogP contribution in [0.1, 0.15) is 33.3 Å². The second-order valence-electron chi connectivity index (χ2n) is 5.87. The topological polar surface area (TPSA) is 54.9 Å². The van der Waals surface area contributed by atoms with Gasteiger partial charge in [0.15, 0.2) is 17.5 Å². The summed E-state index contributed by atoms with van der Waals surface area (Å²) in [7, 11) is 3.25. The van der Waals surface area contributed by atoms with Crippen LogP contribution in [0.2, 0.25) is 0 Å². The Balaban J connectivity index is 2.98. The number of guanidine groups is 1. The van der Waals surface area contributed by atoms with Crippen LogP contribution in [0.4, 0.5) is 0 Å². The molecule has 5 nitrogen and oxygen atoms in total. The smallest absolute Gasteiger partial charge is 0.191 e. The van der Waals surface area contributed by atoms with Crippen molar-refractivity contribution in [1.29, 1.82) is 0 Å². The van der Waals surface area contributed by atoms with E-state index in [4.69, 9.17) is 9.47 Å². The maximum absolute atomic E-state index is 5.34. The molecular formula is C16H26BrN3O2. The summed E-state index contributed by atoms with van der Waals surface area (Å²) < 4.78 is 11.6. The fourth-order valence-electron chi connectivity index (χ4n) is 1.84. The molecule has 0 heterocycles. The number of aliphatic imine (C=N–C) groups is 1. The van der Waals surface area contributed by atoms with Crippen molar-refractivity contribution < 1.29 is 9.47 Å². The number of hydrogen-bond donors (Lipinski definition) is 2. The fraction of sp³-hybridized carbons (Fsp3) is 0.562. The maximum Gasteiger partial charge on any atom is 0.191 e. The van der Waals surface area contributed by atoms with E-state index < -0.39 is 0 Å². The van der Waals surface area contributed by atoms with Gasteiger partial charge >= 0.3 is 0 Å². The minimum Gasteiger partial charge on any atom is -0.493 e. The van der Waals surface area contributed by atoms with E-state index in [0.29, 0.717) is 18.0 Å². The monoisotopic (exact) mass is 371 g/mol. The number of nitrogens with zero attached hydrogens (tertiary/aromatic N) is 1. The predicted octanol–water partition coefficient (Wildman–Crippen LogP) is 3.32. The van der Waals surface area contributed by atoms with Crippen molar-refractivity contribution >= 4 is 21.9 Å². The molecule has 0 aliphatic heterocycles. The van der Waals surface area contributed by atoms with Crippen molar-refractivity contribution in [2.24, 2.45) is 4.99 Å². The Kier molecular flexibility index (Phi) is 7.00. The largest absolute Gasteiger partial charge is 0.493 e. The summed E-state index contributed by atoms with van der Waals surface area (Å²) in [6.07, 6.45) is 0. The molecule has 0 aliphatic rings. The highest BCUT2D eigenvalue weighted by Gasteiger charge is 2.13. The number of nitrogens with one attached hydrogen (secondary N) is 2. The number of halogens is 1. The molecule has 0 aromatic heterocycles. The summed E-state index contributed by atoms with van der Waals surface area (Å²) >= 11 is 3.56. The second kappa shape index (κ2) is 8.27. The first-order valence-corrected chi connectivity index (χ1v) is 8.07. The third-order valence-electron chi connectivity index (χ3n) is 2.80. The molecule has 0 fully saturated rings. The van der Waals surface area contributed by atoms with Gasteiger partial charge in [-0.05, 0) is 45.4 Å². The molecule has 6 heteroatoms. The number of methoxy groups -OCH3 is 2. The number of rotatable bonds is 5. The average molecular weight is 372 g/mol. The Morgan fingerprint density at radius 2 is 1.77 bits per heavy atom. The third-order valence-corrected chi connectivity index (χ3v) is 3.54. The lowest BCUT2D eigenvalue weighted by molar-refractivity contribution is 0.354. The molecule has 124 valence electrons. The predicted molar refractivity (Wildman–Crippen MR) is 95.0 cm³/mol. The normalized spacial score (nSPS) is 12.0. The molecule has 0 spiro atoms. The van der Waals surface area contributed by atoms with Crippen molar-refractivity contribution in [3.05, 3.63) is 22.2 Å². The van der Waals surface area contributed by atoms with Crippen LogP contribution in [-0.2, 0) is 6.54 Å². The number of hydrogen-bond acceptors (Lipinski definition) is 3. The fourth-order valence-corrected chi connectivity index (χ4v) is 2.29.